The predicted molar refractivity (Wildman–Crippen MR) is 119 cm³/mol. The Balaban J connectivity index is 3.08. The van der Waals surface area contributed by atoms with Gasteiger partial charge in [-0.1, -0.05) is 0 Å². The Bertz CT molecular complexity index is 927. The number of carbonyl (C=O) groups is 8. The maximum absolute atomic E-state index is 12.4. The number of carboxylic acids is 3. The molecule has 1 aliphatic heterocycles. The van der Waals surface area contributed by atoms with Crippen molar-refractivity contribution in [2.24, 2.45) is 0 Å². The number of carbonyl (C=O) groups excluding carboxylic acids is 5. The second-order valence-electron chi connectivity index (χ2n) is 7.57. The molecule has 19 nitrogen and oxygen atoms in total. The van der Waals surface area contributed by atoms with Gasteiger partial charge in [0.25, 0.3) is 11.8 Å². The number of hydrogen-bond acceptors (Lipinski definition) is 10. The van der Waals surface area contributed by atoms with E-state index in [2.05, 4.69) is 10.6 Å². The molecule has 0 aliphatic carbocycles. The van der Waals surface area contributed by atoms with Crippen LogP contribution in [0.5, 0.6) is 0 Å². The van der Waals surface area contributed by atoms with Crippen molar-refractivity contribution in [3.8, 4) is 0 Å². The molecule has 6 amide bonds. The van der Waals surface area contributed by atoms with Crippen molar-refractivity contribution in [1.82, 2.24) is 32.1 Å². The normalized spacial score (nSPS) is 23.2. The Kier molecular flexibility index (Phi) is 13.5. The molecule has 0 aromatic rings. The van der Waals surface area contributed by atoms with Crippen LogP contribution in [-0.2, 0) is 43.0 Å². The first kappa shape index (κ1) is 31.5. The molecule has 1 aliphatic rings. The van der Waals surface area contributed by atoms with Crippen LogP contribution < -0.4 is 32.1 Å². The van der Waals surface area contributed by atoms with Gasteiger partial charge in [0.15, 0.2) is 0 Å². The van der Waals surface area contributed by atoms with Gasteiger partial charge in [-0.3, -0.25) is 44.4 Å². The fraction of sp³-hybridized carbons (Fsp3) is 0.579. The van der Waals surface area contributed by atoms with Crippen LogP contribution in [-0.4, -0.2) is 114 Å². The Morgan fingerprint density at radius 3 is 1.61 bits per heavy atom. The first-order valence-corrected chi connectivity index (χ1v) is 10.9. The van der Waals surface area contributed by atoms with Crippen molar-refractivity contribution in [1.29, 1.82) is 0 Å². The average molecular weight is 548 g/mol. The Hall–Kier alpha value is -4.52. The highest BCUT2D eigenvalue weighted by molar-refractivity contribution is 5.95. The van der Waals surface area contributed by atoms with E-state index in [1.165, 1.54) is 0 Å². The number of rotatable bonds is 6. The van der Waals surface area contributed by atoms with Gasteiger partial charge in [0.2, 0.25) is 11.8 Å². The van der Waals surface area contributed by atoms with Gasteiger partial charge in [0.05, 0.1) is 39.1 Å². The van der Waals surface area contributed by atoms with Crippen LogP contribution in [0.25, 0.3) is 0 Å². The number of amides is 6. The summed E-state index contributed by atoms with van der Waals surface area (Å²) in [5, 5.41) is 35.5. The minimum absolute atomic E-state index is 0.0294. The van der Waals surface area contributed by atoms with Gasteiger partial charge in [-0.25, -0.2) is 4.79 Å². The summed E-state index contributed by atoms with van der Waals surface area (Å²) >= 11 is 0. The number of aliphatic carboxylic acids is 3. The van der Waals surface area contributed by atoms with Crippen molar-refractivity contribution < 1.29 is 63.1 Å². The highest BCUT2D eigenvalue weighted by Gasteiger charge is 2.29. The molecule has 3 atom stereocenters. The summed E-state index contributed by atoms with van der Waals surface area (Å²) < 4.78 is 10.2. The Labute approximate surface area is 213 Å². The SMILES string of the molecule is O=C(O)C[C@@H]1NC(=O)COCCOCCNC(=O)[C@H](CC(=O)O)NC(=O)N[C@@H](CC(=O)O)C(=O)NNC1=O. The van der Waals surface area contributed by atoms with E-state index < -0.39 is 91.6 Å². The molecule has 0 saturated carbocycles. The van der Waals surface area contributed by atoms with Gasteiger partial charge in [0.1, 0.15) is 24.7 Å². The number of nitrogens with one attached hydrogen (secondary N) is 6. The molecule has 1 fully saturated rings. The molecule has 212 valence electrons. The molecular formula is C19H28N6O13. The maximum Gasteiger partial charge on any atom is 0.316 e. The lowest BCUT2D eigenvalue weighted by atomic mass is 10.2. The predicted octanol–water partition coefficient (Wildman–Crippen LogP) is -4.76. The summed E-state index contributed by atoms with van der Waals surface area (Å²) in [6.45, 7) is -0.868. The van der Waals surface area contributed by atoms with Gasteiger partial charge in [0, 0.05) is 6.54 Å². The minimum atomic E-state index is -1.84. The monoisotopic (exact) mass is 548 g/mol. The average Bonchev–Trinajstić information content (AvgIpc) is 2.81. The molecule has 0 radical (unpaired) electrons. The van der Waals surface area contributed by atoms with Crippen LogP contribution in [0.1, 0.15) is 19.3 Å². The molecule has 0 unspecified atom stereocenters. The lowest BCUT2D eigenvalue weighted by molar-refractivity contribution is -0.142. The summed E-state index contributed by atoms with van der Waals surface area (Å²) in [5.41, 5.74) is 3.61. The minimum Gasteiger partial charge on any atom is -0.481 e. The van der Waals surface area contributed by atoms with E-state index in [-0.39, 0.29) is 26.4 Å². The third-order valence-electron chi connectivity index (χ3n) is 4.49. The Morgan fingerprint density at radius 1 is 0.658 bits per heavy atom. The van der Waals surface area contributed by atoms with E-state index >= 15 is 0 Å². The van der Waals surface area contributed by atoms with Gasteiger partial charge < -0.3 is 46.1 Å². The van der Waals surface area contributed by atoms with Crippen molar-refractivity contribution >= 4 is 47.6 Å². The number of carboxylic acid groups (broad SMARTS) is 3. The van der Waals surface area contributed by atoms with Gasteiger partial charge in [-0.15, -0.1) is 0 Å². The molecule has 1 saturated heterocycles. The molecule has 0 aromatic heterocycles. The molecule has 0 bridgehead atoms. The van der Waals surface area contributed by atoms with E-state index in [0.29, 0.717) is 0 Å². The highest BCUT2D eigenvalue weighted by Crippen LogP contribution is 1.98. The van der Waals surface area contributed by atoms with E-state index in [4.69, 9.17) is 24.8 Å². The number of urea groups is 1. The first-order chi connectivity index (χ1) is 17.9. The van der Waals surface area contributed by atoms with E-state index in [9.17, 15) is 38.4 Å². The first-order valence-electron chi connectivity index (χ1n) is 10.9. The zero-order chi connectivity index (χ0) is 28.7. The summed E-state index contributed by atoms with van der Waals surface area (Å²) in [4.78, 5) is 94.8. The molecule has 19 heteroatoms. The smallest absolute Gasteiger partial charge is 0.316 e. The van der Waals surface area contributed by atoms with Gasteiger partial charge in [-0.05, 0) is 0 Å². The zero-order valence-corrected chi connectivity index (χ0v) is 19.8. The summed E-state index contributed by atoms with van der Waals surface area (Å²) in [7, 11) is 0. The third-order valence-corrected chi connectivity index (χ3v) is 4.49. The summed E-state index contributed by atoms with van der Waals surface area (Å²) in [6, 6.07) is -6.41. The Morgan fingerprint density at radius 2 is 1.11 bits per heavy atom. The summed E-state index contributed by atoms with van der Waals surface area (Å²) in [5.74, 6) is -8.74. The summed E-state index contributed by atoms with van der Waals surface area (Å²) in [6.07, 6.45) is -2.75. The lowest BCUT2D eigenvalue weighted by Gasteiger charge is -2.21. The standard InChI is InChI=1S/C19H28N6O13/c26-12-8-38-4-3-37-2-1-20-16(33)9(5-13(27)28)22-19(36)23-11(7-15(31)32)18(35)25-24-17(34)10(21-12)6-14(29)30/h9-11H,1-8H2,(H,20,33)(H,21,26)(H,24,34)(H,25,35)(H,27,28)(H,29,30)(H,31,32)(H2,22,23,36)/t9-,10-,11-/m0/s1. The topological polar surface area (TPSA) is 288 Å². The fourth-order valence-corrected chi connectivity index (χ4v) is 2.80. The highest BCUT2D eigenvalue weighted by atomic mass is 16.5. The number of hydrogen-bond donors (Lipinski definition) is 9. The van der Waals surface area contributed by atoms with Crippen molar-refractivity contribution in [2.75, 3.05) is 33.0 Å². The molecule has 0 aromatic carbocycles. The van der Waals surface area contributed by atoms with Crippen LogP contribution in [0, 0.1) is 0 Å². The fourth-order valence-electron chi connectivity index (χ4n) is 2.80. The largest absolute Gasteiger partial charge is 0.481 e. The van der Waals surface area contributed by atoms with Crippen molar-refractivity contribution in [3.63, 3.8) is 0 Å². The van der Waals surface area contributed by atoms with Crippen LogP contribution in [0.4, 0.5) is 4.79 Å². The molecule has 0 spiro atoms. The van der Waals surface area contributed by atoms with Crippen molar-refractivity contribution in [3.05, 3.63) is 0 Å². The van der Waals surface area contributed by atoms with Gasteiger partial charge in [-0.2, -0.15) is 0 Å². The van der Waals surface area contributed by atoms with Gasteiger partial charge >= 0.3 is 23.9 Å². The second-order valence-corrected chi connectivity index (χ2v) is 7.57. The molecular weight excluding hydrogens is 520 g/mol. The van der Waals surface area contributed by atoms with Crippen LogP contribution >= 0.6 is 0 Å². The number of hydrazine groups is 1. The zero-order valence-electron chi connectivity index (χ0n) is 19.8. The second kappa shape index (κ2) is 16.3. The lowest BCUT2D eigenvalue weighted by Crippen LogP contribution is -2.59. The van der Waals surface area contributed by atoms with E-state index in [0.717, 1.165) is 0 Å². The van der Waals surface area contributed by atoms with Crippen molar-refractivity contribution in [2.45, 2.75) is 37.4 Å². The third kappa shape index (κ3) is 13.0. The molecule has 9 N–H and O–H groups in total. The van der Waals surface area contributed by atoms with Crippen LogP contribution in [0.3, 0.4) is 0 Å². The number of ether oxygens (including phenoxy) is 2. The maximum atomic E-state index is 12.4. The molecule has 1 rings (SSSR count). The molecule has 38 heavy (non-hydrogen) atoms. The quantitative estimate of drug-likeness (QED) is 0.151. The van der Waals surface area contributed by atoms with Crippen LogP contribution in [0.15, 0.2) is 0 Å². The molecule has 1 heterocycles. The van der Waals surface area contributed by atoms with E-state index in [1.54, 1.807) is 5.43 Å². The van der Waals surface area contributed by atoms with E-state index in [1.807, 2.05) is 16.1 Å². The van der Waals surface area contributed by atoms with Crippen LogP contribution in [0.2, 0.25) is 0 Å².